The summed E-state index contributed by atoms with van der Waals surface area (Å²) >= 11 is 0. The molecule has 1 saturated carbocycles. The number of amides is 8. The van der Waals surface area contributed by atoms with E-state index in [2.05, 4.69) is 49.1 Å². The molecule has 8 amide bonds. The SMILES string of the molecule is CC(C)CC(NC(=O)CC(O)NC(=O)OCc1ccc(NC(=O)[C@H](CCCNC(N)=O)NC(=O)[C@@H](NC(=O)CCOCCOCCOCCOCCNC(=O)OCC2C3CCC#CCCC32)C(C)C)cc1)C(=O)O. The molecule has 6 atom stereocenters. The van der Waals surface area contributed by atoms with Gasteiger partial charge in [-0.05, 0) is 79.4 Å². The van der Waals surface area contributed by atoms with E-state index in [1.165, 1.54) is 12.1 Å². The molecule has 3 rings (SSSR count). The number of hydrogen-bond donors (Lipinski definition) is 10. The van der Waals surface area contributed by atoms with Crippen molar-refractivity contribution in [3.8, 4) is 11.8 Å². The van der Waals surface area contributed by atoms with Gasteiger partial charge in [-0.2, -0.15) is 0 Å². The Kier molecular flexibility index (Phi) is 29.4. The van der Waals surface area contributed by atoms with Crippen molar-refractivity contribution in [2.75, 3.05) is 77.9 Å². The lowest BCUT2D eigenvalue weighted by molar-refractivity contribution is -0.142. The van der Waals surface area contributed by atoms with Gasteiger partial charge in [-0.25, -0.2) is 19.2 Å². The lowest BCUT2D eigenvalue weighted by Crippen LogP contribution is -2.54. The van der Waals surface area contributed by atoms with E-state index in [0.29, 0.717) is 75.2 Å². The maximum absolute atomic E-state index is 13.5. The molecule has 414 valence electrons. The Morgan fingerprint density at radius 1 is 0.689 bits per heavy atom. The number of rotatable bonds is 36. The van der Waals surface area contributed by atoms with Gasteiger partial charge in [0.25, 0.3) is 0 Å². The first kappa shape index (κ1) is 62.0. The summed E-state index contributed by atoms with van der Waals surface area (Å²) in [6, 6.07) is 2.16. The van der Waals surface area contributed by atoms with E-state index in [0.717, 1.165) is 25.7 Å². The number of carbonyl (C=O) groups excluding carboxylic acids is 7. The van der Waals surface area contributed by atoms with Crippen LogP contribution in [0.5, 0.6) is 0 Å². The van der Waals surface area contributed by atoms with Crippen LogP contribution in [-0.4, -0.2) is 155 Å². The number of benzene rings is 1. The highest BCUT2D eigenvalue weighted by Gasteiger charge is 2.49. The summed E-state index contributed by atoms with van der Waals surface area (Å²) in [6.45, 7) is 9.96. The van der Waals surface area contributed by atoms with Gasteiger partial charge in [-0.15, -0.1) is 11.8 Å². The highest BCUT2D eigenvalue weighted by molar-refractivity contribution is 5.98. The number of anilines is 1. The second-order valence-corrected chi connectivity index (χ2v) is 18.6. The number of nitrogens with two attached hydrogens (primary N) is 1. The van der Waals surface area contributed by atoms with E-state index in [-0.39, 0.29) is 70.5 Å². The van der Waals surface area contributed by atoms with E-state index in [4.69, 9.17) is 34.2 Å². The van der Waals surface area contributed by atoms with E-state index < -0.39 is 78.6 Å². The molecule has 2 aliphatic carbocycles. The fourth-order valence-electron chi connectivity index (χ4n) is 7.90. The zero-order chi connectivity index (χ0) is 54.3. The molecule has 24 nitrogen and oxygen atoms in total. The van der Waals surface area contributed by atoms with E-state index in [1.807, 2.05) is 0 Å². The topological polar surface area (TPSA) is 343 Å². The second kappa shape index (κ2) is 35.0. The molecule has 1 fully saturated rings. The minimum Gasteiger partial charge on any atom is -0.480 e. The number of ether oxygens (including phenoxy) is 6. The average Bonchev–Trinajstić information content (AvgIpc) is 3.99. The molecule has 2 aliphatic rings. The fraction of sp³-hybridized carbons (Fsp3) is 0.680. The summed E-state index contributed by atoms with van der Waals surface area (Å²) in [5.74, 6) is 4.03. The van der Waals surface area contributed by atoms with Crippen molar-refractivity contribution in [1.29, 1.82) is 0 Å². The van der Waals surface area contributed by atoms with Crippen LogP contribution >= 0.6 is 0 Å². The zero-order valence-electron chi connectivity index (χ0n) is 43.0. The Morgan fingerprint density at radius 3 is 1.88 bits per heavy atom. The number of alkyl carbamates (subject to hydrolysis) is 2. The minimum absolute atomic E-state index is 0.0109. The number of aliphatic hydroxyl groups is 1. The predicted molar refractivity (Wildman–Crippen MR) is 268 cm³/mol. The van der Waals surface area contributed by atoms with Crippen LogP contribution in [0.1, 0.15) is 91.0 Å². The number of nitrogens with one attached hydrogen (secondary N) is 7. The molecule has 0 saturated heterocycles. The number of aliphatic hydroxyl groups excluding tert-OH is 1. The standard InChI is InChI=1S/C50H78N8O16/c1-32(2)28-40(47(64)65)55-42(60)29-43(61)58-50(68)73-30-34-13-15-35(16-14-34)54-45(62)39(12-9-18-52-48(51)66)56-46(63)44(33(3)4)57-41(59)17-20-69-22-24-71-26-27-72-25-23-70-21-19-53-49(67)74-31-38-36-10-7-5-6-8-11-37(36)38/h13-16,32-33,36-40,43-44,61H,7-12,17-31H2,1-4H3,(H,53,67)(H,54,62)(H,55,60)(H,56,63)(H,57,59)(H,58,68)(H,64,65)(H3,51,52,66)/t36?,37?,38?,39-,40?,43?,44-/m0/s1. The lowest BCUT2D eigenvalue weighted by Gasteiger charge is -2.25. The molecule has 24 heteroatoms. The Bertz CT molecular complexity index is 1980. The highest BCUT2D eigenvalue weighted by Crippen LogP contribution is 2.52. The van der Waals surface area contributed by atoms with E-state index >= 15 is 0 Å². The second-order valence-electron chi connectivity index (χ2n) is 18.6. The molecule has 0 bridgehead atoms. The van der Waals surface area contributed by atoms with Gasteiger partial charge in [0.15, 0.2) is 0 Å². The first-order chi connectivity index (χ1) is 35.4. The van der Waals surface area contributed by atoms with Crippen molar-refractivity contribution in [1.82, 2.24) is 31.9 Å². The molecule has 1 aromatic carbocycles. The number of hydrogen-bond acceptors (Lipinski definition) is 15. The van der Waals surface area contributed by atoms with Crippen molar-refractivity contribution in [3.05, 3.63) is 29.8 Å². The van der Waals surface area contributed by atoms with E-state index in [9.17, 15) is 48.6 Å². The molecular formula is C50H78N8O16. The monoisotopic (exact) mass is 1050 g/mol. The summed E-state index contributed by atoms with van der Waals surface area (Å²) in [7, 11) is 0. The largest absolute Gasteiger partial charge is 0.480 e. The fourth-order valence-corrected chi connectivity index (χ4v) is 7.90. The van der Waals surface area contributed by atoms with Crippen LogP contribution in [0.3, 0.4) is 0 Å². The number of aliphatic carboxylic acids is 1. The van der Waals surface area contributed by atoms with Gasteiger partial charge in [0.2, 0.25) is 23.6 Å². The van der Waals surface area contributed by atoms with Crippen molar-refractivity contribution >= 4 is 53.5 Å². The Labute approximate surface area is 432 Å². The third-order valence-electron chi connectivity index (χ3n) is 11.8. The van der Waals surface area contributed by atoms with Gasteiger partial charge in [-0.3, -0.25) is 24.5 Å². The molecule has 74 heavy (non-hydrogen) atoms. The molecule has 0 aromatic heterocycles. The molecule has 11 N–H and O–H groups in total. The summed E-state index contributed by atoms with van der Waals surface area (Å²) in [6.07, 6.45) is 0.770. The van der Waals surface area contributed by atoms with Crippen molar-refractivity contribution < 1.29 is 77.0 Å². The van der Waals surface area contributed by atoms with Gasteiger partial charge in [0.05, 0.1) is 65.9 Å². The lowest BCUT2D eigenvalue weighted by atomic mass is 10.0. The number of primary amides is 1. The van der Waals surface area contributed by atoms with Crippen LogP contribution in [0.15, 0.2) is 24.3 Å². The van der Waals surface area contributed by atoms with Crippen molar-refractivity contribution in [3.63, 3.8) is 0 Å². The van der Waals surface area contributed by atoms with Gasteiger partial charge in [0, 0.05) is 38.0 Å². The van der Waals surface area contributed by atoms with Crippen LogP contribution in [-0.2, 0) is 59.0 Å². The van der Waals surface area contributed by atoms with Crippen LogP contribution in [0.25, 0.3) is 0 Å². The summed E-state index contributed by atoms with van der Waals surface area (Å²) in [5, 5.41) is 37.1. The summed E-state index contributed by atoms with van der Waals surface area (Å²) in [4.78, 5) is 99.1. The predicted octanol–water partition coefficient (Wildman–Crippen LogP) is 1.87. The highest BCUT2D eigenvalue weighted by atomic mass is 16.6. The molecule has 4 unspecified atom stereocenters. The Morgan fingerprint density at radius 2 is 1.30 bits per heavy atom. The number of carbonyl (C=O) groups is 8. The van der Waals surface area contributed by atoms with Gasteiger partial charge in [0.1, 0.15) is 31.0 Å². The zero-order valence-corrected chi connectivity index (χ0v) is 43.0. The number of carboxylic acid groups (broad SMARTS) is 1. The van der Waals surface area contributed by atoms with Gasteiger partial charge < -0.3 is 76.3 Å². The number of carboxylic acids is 1. The third kappa shape index (κ3) is 26.6. The quantitative estimate of drug-likeness (QED) is 0.0261. The first-order valence-electron chi connectivity index (χ1n) is 25.3. The van der Waals surface area contributed by atoms with Crippen molar-refractivity contribution in [2.24, 2.45) is 35.3 Å². The minimum atomic E-state index is -1.65. The third-order valence-corrected chi connectivity index (χ3v) is 11.8. The molecular weight excluding hydrogens is 969 g/mol. The van der Waals surface area contributed by atoms with Crippen LogP contribution in [0.2, 0.25) is 0 Å². The smallest absolute Gasteiger partial charge is 0.409 e. The van der Waals surface area contributed by atoms with Crippen LogP contribution in [0.4, 0.5) is 20.1 Å². The molecule has 0 spiro atoms. The summed E-state index contributed by atoms with van der Waals surface area (Å²) < 4.78 is 32.5. The first-order valence-corrected chi connectivity index (χ1v) is 25.3. The maximum atomic E-state index is 13.5. The molecule has 0 aliphatic heterocycles. The Balaban J connectivity index is 1.29. The van der Waals surface area contributed by atoms with Crippen LogP contribution in [0, 0.1) is 41.4 Å². The average molecular weight is 1050 g/mol. The molecule has 1 aromatic rings. The summed E-state index contributed by atoms with van der Waals surface area (Å²) in [5.41, 5.74) is 6.00. The van der Waals surface area contributed by atoms with Gasteiger partial charge >= 0.3 is 24.2 Å². The normalized spacial score (nSPS) is 17.3. The molecule has 0 heterocycles. The van der Waals surface area contributed by atoms with Crippen molar-refractivity contribution in [2.45, 2.75) is 116 Å². The maximum Gasteiger partial charge on any atom is 0.409 e. The number of urea groups is 1. The molecule has 0 radical (unpaired) electrons. The Hall–Kier alpha value is -6.26. The van der Waals surface area contributed by atoms with Crippen LogP contribution < -0.4 is 43.0 Å². The number of fused-ring (bicyclic) bond motifs is 1. The van der Waals surface area contributed by atoms with E-state index in [1.54, 1.807) is 39.8 Å². The van der Waals surface area contributed by atoms with Gasteiger partial charge in [-0.1, -0.05) is 39.8 Å².